The average Bonchev–Trinajstić information content (AvgIpc) is 2.29. The fourth-order valence-corrected chi connectivity index (χ4v) is 1.41. The van der Waals surface area contributed by atoms with E-state index in [4.69, 9.17) is 10.4 Å². The van der Waals surface area contributed by atoms with Gasteiger partial charge < -0.3 is 5.11 Å². The normalized spacial score (nSPS) is 10.2. The van der Waals surface area contributed by atoms with Gasteiger partial charge in [0, 0.05) is 6.54 Å². The van der Waals surface area contributed by atoms with E-state index in [9.17, 15) is 9.59 Å². The van der Waals surface area contributed by atoms with Gasteiger partial charge in [-0.15, -0.1) is 0 Å². The molecule has 0 saturated heterocycles. The number of carbonyl (C=O) groups is 2. The molecule has 6 heteroatoms. The minimum atomic E-state index is -1.05. The van der Waals surface area contributed by atoms with Crippen molar-refractivity contribution in [3.8, 4) is 0 Å². The smallest absolute Gasteiger partial charge is 0.355 e. The lowest BCUT2D eigenvalue weighted by Crippen LogP contribution is -2.34. The van der Waals surface area contributed by atoms with Crippen molar-refractivity contribution in [2.75, 3.05) is 13.1 Å². The first kappa shape index (κ1) is 13.1. The maximum absolute atomic E-state index is 10.9. The van der Waals surface area contributed by atoms with Crippen LogP contribution in [-0.2, 0) is 21.0 Å². The van der Waals surface area contributed by atoms with Crippen molar-refractivity contribution in [1.29, 1.82) is 0 Å². The molecular weight excluding hydrogens is 226 g/mol. The van der Waals surface area contributed by atoms with E-state index in [-0.39, 0.29) is 13.1 Å². The second kappa shape index (κ2) is 6.62. The Balaban J connectivity index is 2.63. The molecule has 0 atom stereocenters. The predicted molar refractivity (Wildman–Crippen MR) is 58.1 cm³/mol. The van der Waals surface area contributed by atoms with Gasteiger partial charge >= 0.3 is 11.9 Å². The zero-order chi connectivity index (χ0) is 12.7. The molecule has 92 valence electrons. The zero-order valence-corrected chi connectivity index (χ0v) is 9.07. The molecule has 0 aliphatic rings. The summed E-state index contributed by atoms with van der Waals surface area (Å²) in [5.41, 5.74) is 0.875. The summed E-state index contributed by atoms with van der Waals surface area (Å²) in [6.45, 7) is -0.288. The van der Waals surface area contributed by atoms with Crippen LogP contribution in [0.15, 0.2) is 30.3 Å². The molecule has 0 aliphatic heterocycles. The monoisotopic (exact) mass is 239 g/mol. The van der Waals surface area contributed by atoms with E-state index in [1.54, 1.807) is 0 Å². The maximum Gasteiger partial charge on any atom is 0.355 e. The van der Waals surface area contributed by atoms with Gasteiger partial charge in [0.1, 0.15) is 6.54 Å². The zero-order valence-electron chi connectivity index (χ0n) is 9.07. The van der Waals surface area contributed by atoms with Gasteiger partial charge in [0.05, 0.1) is 6.54 Å². The van der Waals surface area contributed by atoms with Crippen molar-refractivity contribution in [3.63, 3.8) is 0 Å². The van der Waals surface area contributed by atoms with Gasteiger partial charge in [-0.3, -0.25) is 14.6 Å². The molecule has 0 aromatic heterocycles. The Labute approximate surface area is 98.0 Å². The lowest BCUT2D eigenvalue weighted by atomic mass is 10.2. The number of carbonyl (C=O) groups excluding carboxylic acids is 1. The standard InChI is InChI=1S/C11H13NO5/c13-10(14)7-12(8-11(15)17-16)6-9-4-2-1-3-5-9/h1-5,16H,6-8H2,(H,13,14). The molecular formula is C11H13NO5. The molecule has 0 spiro atoms. The molecule has 0 bridgehead atoms. The molecule has 0 radical (unpaired) electrons. The summed E-state index contributed by atoms with van der Waals surface area (Å²) < 4.78 is 0. The summed E-state index contributed by atoms with van der Waals surface area (Å²) >= 11 is 0. The number of carboxylic acids is 1. The third kappa shape index (κ3) is 5.10. The second-order valence-electron chi connectivity index (χ2n) is 3.49. The van der Waals surface area contributed by atoms with Gasteiger partial charge in [-0.25, -0.2) is 4.79 Å². The van der Waals surface area contributed by atoms with Crippen molar-refractivity contribution < 1.29 is 24.8 Å². The number of hydrogen-bond acceptors (Lipinski definition) is 5. The van der Waals surface area contributed by atoms with Crippen LogP contribution in [0.5, 0.6) is 0 Å². The Morgan fingerprint density at radius 1 is 1.18 bits per heavy atom. The van der Waals surface area contributed by atoms with Crippen LogP contribution in [0, 0.1) is 0 Å². The summed E-state index contributed by atoms with van der Waals surface area (Å²) in [6, 6.07) is 9.11. The SMILES string of the molecule is O=C(O)CN(CC(=O)OO)Cc1ccccc1. The highest BCUT2D eigenvalue weighted by atomic mass is 17.1. The van der Waals surface area contributed by atoms with Crippen molar-refractivity contribution in [3.05, 3.63) is 35.9 Å². The first-order valence-corrected chi connectivity index (χ1v) is 4.94. The summed E-state index contributed by atoms with van der Waals surface area (Å²) in [5.74, 6) is -1.94. The van der Waals surface area contributed by atoms with E-state index in [2.05, 4.69) is 4.89 Å². The van der Waals surface area contributed by atoms with Crippen molar-refractivity contribution in [2.45, 2.75) is 6.54 Å². The number of carboxylic acid groups (broad SMARTS) is 1. The Hall–Kier alpha value is -1.92. The van der Waals surface area contributed by atoms with E-state index in [1.807, 2.05) is 30.3 Å². The fraction of sp³-hybridized carbons (Fsp3) is 0.273. The number of nitrogens with zero attached hydrogens (tertiary/aromatic N) is 1. The molecule has 0 aliphatic carbocycles. The van der Waals surface area contributed by atoms with Crippen molar-refractivity contribution in [2.24, 2.45) is 0 Å². The van der Waals surface area contributed by atoms with Gasteiger partial charge in [0.15, 0.2) is 0 Å². The largest absolute Gasteiger partial charge is 0.480 e. The second-order valence-corrected chi connectivity index (χ2v) is 3.49. The number of aliphatic carboxylic acids is 1. The summed E-state index contributed by atoms with van der Waals surface area (Å²) in [6.07, 6.45) is 0. The molecule has 0 unspecified atom stereocenters. The number of hydrogen-bond donors (Lipinski definition) is 2. The van der Waals surface area contributed by atoms with Gasteiger partial charge in [-0.1, -0.05) is 30.3 Å². The molecule has 2 N–H and O–H groups in total. The van der Waals surface area contributed by atoms with Gasteiger partial charge in [0.25, 0.3) is 0 Å². The Morgan fingerprint density at radius 2 is 1.82 bits per heavy atom. The van der Waals surface area contributed by atoms with Crippen LogP contribution in [0.2, 0.25) is 0 Å². The van der Waals surface area contributed by atoms with E-state index >= 15 is 0 Å². The lowest BCUT2D eigenvalue weighted by molar-refractivity contribution is -0.235. The van der Waals surface area contributed by atoms with Crippen LogP contribution in [0.1, 0.15) is 5.56 Å². The molecule has 17 heavy (non-hydrogen) atoms. The van der Waals surface area contributed by atoms with E-state index in [1.165, 1.54) is 4.90 Å². The Kier molecular flexibility index (Phi) is 5.12. The lowest BCUT2D eigenvalue weighted by Gasteiger charge is -2.18. The van der Waals surface area contributed by atoms with Crippen LogP contribution in [-0.4, -0.2) is 40.3 Å². The molecule has 1 rings (SSSR count). The average molecular weight is 239 g/mol. The van der Waals surface area contributed by atoms with Crippen LogP contribution in [0.25, 0.3) is 0 Å². The fourth-order valence-electron chi connectivity index (χ4n) is 1.41. The van der Waals surface area contributed by atoms with Gasteiger partial charge in [-0.05, 0) is 5.56 Å². The van der Waals surface area contributed by atoms with Crippen LogP contribution in [0.3, 0.4) is 0 Å². The first-order valence-electron chi connectivity index (χ1n) is 4.94. The third-order valence-corrected chi connectivity index (χ3v) is 2.06. The highest BCUT2D eigenvalue weighted by Gasteiger charge is 2.15. The highest BCUT2D eigenvalue weighted by Crippen LogP contribution is 2.04. The minimum absolute atomic E-state index is 0.280. The number of benzene rings is 1. The summed E-state index contributed by atoms with van der Waals surface area (Å²) in [4.78, 5) is 26.4. The highest BCUT2D eigenvalue weighted by molar-refractivity contribution is 5.73. The topological polar surface area (TPSA) is 87.1 Å². The quantitative estimate of drug-likeness (QED) is 0.558. The van der Waals surface area contributed by atoms with E-state index < -0.39 is 11.9 Å². The molecule has 6 nitrogen and oxygen atoms in total. The molecule has 0 saturated carbocycles. The van der Waals surface area contributed by atoms with Crippen LogP contribution < -0.4 is 0 Å². The molecule has 1 aromatic carbocycles. The maximum atomic E-state index is 10.9. The third-order valence-electron chi connectivity index (χ3n) is 2.06. The van der Waals surface area contributed by atoms with Gasteiger partial charge in [0.2, 0.25) is 0 Å². The Bertz CT molecular complexity index is 379. The van der Waals surface area contributed by atoms with E-state index in [0.29, 0.717) is 6.54 Å². The first-order chi connectivity index (χ1) is 8.11. The molecule has 0 heterocycles. The van der Waals surface area contributed by atoms with Gasteiger partial charge in [-0.2, -0.15) is 5.26 Å². The van der Waals surface area contributed by atoms with Crippen molar-refractivity contribution >= 4 is 11.9 Å². The van der Waals surface area contributed by atoms with Crippen molar-refractivity contribution in [1.82, 2.24) is 4.90 Å². The Morgan fingerprint density at radius 3 is 2.35 bits per heavy atom. The molecule has 0 amide bonds. The summed E-state index contributed by atoms with van der Waals surface area (Å²) in [7, 11) is 0. The van der Waals surface area contributed by atoms with Crippen LogP contribution >= 0.6 is 0 Å². The summed E-state index contributed by atoms with van der Waals surface area (Å²) in [5, 5.41) is 16.9. The van der Waals surface area contributed by atoms with Crippen LogP contribution in [0.4, 0.5) is 0 Å². The van der Waals surface area contributed by atoms with E-state index in [0.717, 1.165) is 5.56 Å². The minimum Gasteiger partial charge on any atom is -0.480 e. The predicted octanol–water partition coefficient (Wildman–Crippen LogP) is 0.589. The molecule has 0 fully saturated rings. The molecule has 1 aromatic rings. The number of rotatable bonds is 6.